The van der Waals surface area contributed by atoms with Gasteiger partial charge in [-0.1, -0.05) is 0 Å². The Hall–Kier alpha value is -1.96. The van der Waals surface area contributed by atoms with Gasteiger partial charge in [-0.25, -0.2) is 9.07 Å². The number of thiophene rings is 1. The molecule has 1 N–H and O–H groups in total. The molecule has 0 spiro atoms. The van der Waals surface area contributed by atoms with E-state index in [1.165, 1.54) is 23.5 Å². The maximum Gasteiger partial charge on any atom is 0.264 e. The van der Waals surface area contributed by atoms with Crippen LogP contribution in [0.4, 0.5) is 4.39 Å². The van der Waals surface area contributed by atoms with Gasteiger partial charge in [0.1, 0.15) is 10.6 Å². The molecule has 8 heteroatoms. The molecule has 27 heavy (non-hydrogen) atoms. The molecule has 1 aromatic carbocycles. The second kappa shape index (κ2) is 7.96. The number of nitrogens with zero attached hydrogens (tertiary/aromatic N) is 3. The van der Waals surface area contributed by atoms with Crippen molar-refractivity contribution in [2.45, 2.75) is 25.8 Å². The Morgan fingerprint density at radius 2 is 1.93 bits per heavy atom. The Labute approximate surface area is 167 Å². The first kappa shape index (κ1) is 19.8. The van der Waals surface area contributed by atoms with Gasteiger partial charge in [-0.2, -0.15) is 5.10 Å². The van der Waals surface area contributed by atoms with Crippen LogP contribution in [0.1, 0.15) is 28.2 Å². The first-order valence-electron chi connectivity index (χ1n) is 8.78. The first-order chi connectivity index (χ1) is 12.6. The number of aromatic nitrogens is 2. The Balaban J connectivity index is 0.00000210. The molecule has 0 saturated carbocycles. The summed E-state index contributed by atoms with van der Waals surface area (Å²) in [6, 6.07) is 8.67. The van der Waals surface area contributed by atoms with Crippen molar-refractivity contribution in [2.24, 2.45) is 0 Å². The van der Waals surface area contributed by atoms with Crippen LogP contribution in [0.15, 0.2) is 30.3 Å². The first-order valence-corrected chi connectivity index (χ1v) is 9.60. The van der Waals surface area contributed by atoms with Crippen LogP contribution in [-0.4, -0.2) is 46.8 Å². The van der Waals surface area contributed by atoms with Crippen molar-refractivity contribution in [1.29, 1.82) is 0 Å². The quantitative estimate of drug-likeness (QED) is 0.717. The van der Waals surface area contributed by atoms with Gasteiger partial charge in [-0.15, -0.1) is 23.7 Å². The predicted octanol–water partition coefficient (Wildman–Crippen LogP) is 3.78. The molecule has 0 bridgehead atoms. The van der Waals surface area contributed by atoms with Gasteiger partial charge in [0.25, 0.3) is 5.91 Å². The zero-order chi connectivity index (χ0) is 18.3. The number of likely N-dealkylation sites (tertiary alicyclic amines) is 1. The molecule has 0 radical (unpaired) electrons. The lowest BCUT2D eigenvalue weighted by molar-refractivity contribution is 0.0712. The molecule has 144 valence electrons. The van der Waals surface area contributed by atoms with E-state index in [4.69, 9.17) is 0 Å². The zero-order valence-electron chi connectivity index (χ0n) is 15.2. The molecule has 5 nitrogen and oxygen atoms in total. The van der Waals surface area contributed by atoms with Crippen LogP contribution in [0.2, 0.25) is 0 Å². The second-order valence-electron chi connectivity index (χ2n) is 6.66. The van der Waals surface area contributed by atoms with E-state index in [9.17, 15) is 9.18 Å². The lowest BCUT2D eigenvalue weighted by Crippen LogP contribution is -2.43. The van der Waals surface area contributed by atoms with E-state index in [0.717, 1.165) is 52.4 Å². The van der Waals surface area contributed by atoms with E-state index in [1.807, 2.05) is 24.9 Å². The van der Waals surface area contributed by atoms with Crippen molar-refractivity contribution in [3.05, 3.63) is 46.7 Å². The fourth-order valence-corrected chi connectivity index (χ4v) is 4.59. The minimum absolute atomic E-state index is 0. The highest BCUT2D eigenvalue weighted by Gasteiger charge is 2.25. The minimum Gasteiger partial charge on any atom is -0.338 e. The lowest BCUT2D eigenvalue weighted by atomic mass is 10.1. The standard InChI is InChI=1S/C19H21FN4OS.ClH/c1-12-16-11-17(18(25)23-9-7-14(21-2)8-10-23)26-19(16)24(22-12)15-5-3-13(20)4-6-15;/h3-6,11,14,21H,7-10H2,1-2H3;1H. The number of hydrogen-bond donors (Lipinski definition) is 1. The lowest BCUT2D eigenvalue weighted by Gasteiger charge is -2.31. The molecule has 1 aliphatic heterocycles. The molecule has 4 rings (SSSR count). The van der Waals surface area contributed by atoms with Gasteiger partial charge in [-0.05, 0) is 57.1 Å². The summed E-state index contributed by atoms with van der Waals surface area (Å²) in [7, 11) is 1.97. The van der Waals surface area contributed by atoms with Crippen molar-refractivity contribution in [3.8, 4) is 5.69 Å². The number of piperidine rings is 1. The zero-order valence-corrected chi connectivity index (χ0v) is 16.9. The number of halogens is 2. The summed E-state index contributed by atoms with van der Waals surface area (Å²) >= 11 is 1.45. The Kier molecular flexibility index (Phi) is 5.83. The van der Waals surface area contributed by atoms with E-state index >= 15 is 0 Å². The van der Waals surface area contributed by atoms with E-state index in [-0.39, 0.29) is 24.1 Å². The molecular weight excluding hydrogens is 387 g/mol. The monoisotopic (exact) mass is 408 g/mol. The number of nitrogens with one attached hydrogen (secondary N) is 1. The third-order valence-electron chi connectivity index (χ3n) is 5.02. The third kappa shape index (κ3) is 3.72. The average molecular weight is 409 g/mol. The summed E-state index contributed by atoms with van der Waals surface area (Å²) in [5.74, 6) is -0.188. The fraction of sp³-hybridized carbons (Fsp3) is 0.368. The molecule has 3 aromatic rings. The molecule has 1 fully saturated rings. The van der Waals surface area contributed by atoms with E-state index in [0.29, 0.717) is 6.04 Å². The normalized spacial score (nSPS) is 15.1. The maximum atomic E-state index is 13.2. The number of carbonyl (C=O) groups excluding carboxylic acids is 1. The molecule has 1 saturated heterocycles. The highest BCUT2D eigenvalue weighted by Crippen LogP contribution is 2.31. The van der Waals surface area contributed by atoms with Gasteiger partial charge >= 0.3 is 0 Å². The number of fused-ring (bicyclic) bond motifs is 1. The van der Waals surface area contributed by atoms with Crippen LogP contribution in [0.5, 0.6) is 0 Å². The topological polar surface area (TPSA) is 50.2 Å². The molecule has 2 aromatic heterocycles. The average Bonchev–Trinajstić information content (AvgIpc) is 3.23. The van der Waals surface area contributed by atoms with Gasteiger partial charge < -0.3 is 10.2 Å². The maximum absolute atomic E-state index is 13.2. The predicted molar refractivity (Wildman–Crippen MR) is 109 cm³/mol. The van der Waals surface area contributed by atoms with Gasteiger partial charge in [0.05, 0.1) is 16.3 Å². The van der Waals surface area contributed by atoms with E-state index < -0.39 is 0 Å². The summed E-state index contributed by atoms with van der Waals surface area (Å²) in [5.41, 5.74) is 1.66. The van der Waals surface area contributed by atoms with Crippen LogP contribution >= 0.6 is 23.7 Å². The highest BCUT2D eigenvalue weighted by atomic mass is 35.5. The van der Waals surface area contributed by atoms with Crippen molar-refractivity contribution in [3.63, 3.8) is 0 Å². The Morgan fingerprint density at radius 3 is 2.56 bits per heavy atom. The Bertz CT molecular complexity index is 945. The second-order valence-corrected chi connectivity index (χ2v) is 7.69. The number of amides is 1. The highest BCUT2D eigenvalue weighted by molar-refractivity contribution is 7.20. The molecule has 1 aliphatic rings. The van der Waals surface area contributed by atoms with Crippen molar-refractivity contribution >= 4 is 39.9 Å². The van der Waals surface area contributed by atoms with Crippen molar-refractivity contribution < 1.29 is 9.18 Å². The van der Waals surface area contributed by atoms with E-state index in [2.05, 4.69) is 10.4 Å². The van der Waals surface area contributed by atoms with Crippen LogP contribution in [-0.2, 0) is 0 Å². The SMILES string of the molecule is CNC1CCN(C(=O)c2cc3c(C)nn(-c4ccc(F)cc4)c3s2)CC1.Cl. The fourth-order valence-electron chi connectivity index (χ4n) is 3.44. The largest absolute Gasteiger partial charge is 0.338 e. The Morgan fingerprint density at radius 1 is 1.26 bits per heavy atom. The molecule has 0 aliphatic carbocycles. The summed E-state index contributed by atoms with van der Waals surface area (Å²) in [6.07, 6.45) is 1.96. The van der Waals surface area contributed by atoms with Gasteiger partial charge in [0, 0.05) is 24.5 Å². The minimum atomic E-state index is -0.277. The van der Waals surface area contributed by atoms with Gasteiger partial charge in [-0.3, -0.25) is 4.79 Å². The third-order valence-corrected chi connectivity index (χ3v) is 6.12. The van der Waals surface area contributed by atoms with Crippen molar-refractivity contribution in [2.75, 3.05) is 20.1 Å². The summed E-state index contributed by atoms with van der Waals surface area (Å²) < 4.78 is 15.0. The molecule has 0 atom stereocenters. The summed E-state index contributed by atoms with van der Waals surface area (Å²) in [6.45, 7) is 3.49. The molecule has 0 unspecified atom stereocenters. The summed E-state index contributed by atoms with van der Waals surface area (Å²) in [5, 5.41) is 8.82. The molecule has 1 amide bonds. The van der Waals surface area contributed by atoms with Crippen molar-refractivity contribution in [1.82, 2.24) is 20.0 Å². The van der Waals surface area contributed by atoms with Crippen LogP contribution in [0.25, 0.3) is 15.9 Å². The molecule has 3 heterocycles. The van der Waals surface area contributed by atoms with Crippen LogP contribution in [0, 0.1) is 12.7 Å². The number of carbonyl (C=O) groups is 1. The number of rotatable bonds is 3. The number of aryl methyl sites for hydroxylation is 1. The number of benzene rings is 1. The smallest absolute Gasteiger partial charge is 0.264 e. The van der Waals surface area contributed by atoms with Crippen LogP contribution < -0.4 is 5.32 Å². The number of hydrogen-bond acceptors (Lipinski definition) is 4. The van der Waals surface area contributed by atoms with Crippen LogP contribution in [0.3, 0.4) is 0 Å². The van der Waals surface area contributed by atoms with Gasteiger partial charge in [0.2, 0.25) is 0 Å². The van der Waals surface area contributed by atoms with E-state index in [1.54, 1.807) is 16.8 Å². The summed E-state index contributed by atoms with van der Waals surface area (Å²) in [4.78, 5) is 16.5. The van der Waals surface area contributed by atoms with Gasteiger partial charge in [0.15, 0.2) is 0 Å². The molecular formula is C19H22ClFN4OS.